The Hall–Kier alpha value is -4.45. The molecule has 224 valence electrons. The molecular formula is C30H36N4O7S. The van der Waals surface area contributed by atoms with Crippen molar-refractivity contribution >= 4 is 33.2 Å². The molecule has 3 rings (SSSR count). The maximum atomic E-state index is 14.1. The monoisotopic (exact) mass is 596 g/mol. The van der Waals surface area contributed by atoms with Crippen molar-refractivity contribution in [1.29, 1.82) is 0 Å². The van der Waals surface area contributed by atoms with Crippen LogP contribution in [-0.2, 0) is 26.2 Å². The van der Waals surface area contributed by atoms with Crippen molar-refractivity contribution in [3.05, 3.63) is 94.5 Å². The minimum atomic E-state index is -4.34. The van der Waals surface area contributed by atoms with Crippen molar-refractivity contribution in [2.45, 2.75) is 57.1 Å². The van der Waals surface area contributed by atoms with Crippen LogP contribution in [0, 0.1) is 10.1 Å². The number of anilines is 1. The predicted octanol–water partition coefficient (Wildman–Crippen LogP) is 4.52. The highest BCUT2D eigenvalue weighted by Crippen LogP contribution is 2.28. The Morgan fingerprint density at radius 1 is 0.976 bits per heavy atom. The summed E-state index contributed by atoms with van der Waals surface area (Å²) >= 11 is 0. The maximum Gasteiger partial charge on any atom is 0.271 e. The Balaban J connectivity index is 2.08. The number of methoxy groups -OCH3 is 1. The number of carbonyl (C=O) groups excluding carboxylic acids is 2. The van der Waals surface area contributed by atoms with Crippen LogP contribution in [0.5, 0.6) is 5.75 Å². The van der Waals surface area contributed by atoms with Crippen LogP contribution in [0.25, 0.3) is 0 Å². The minimum Gasteiger partial charge on any atom is -0.497 e. The van der Waals surface area contributed by atoms with E-state index in [0.717, 1.165) is 10.4 Å². The predicted molar refractivity (Wildman–Crippen MR) is 160 cm³/mol. The highest BCUT2D eigenvalue weighted by atomic mass is 32.2. The van der Waals surface area contributed by atoms with Gasteiger partial charge >= 0.3 is 0 Å². The molecule has 0 aliphatic rings. The third-order valence-electron chi connectivity index (χ3n) is 6.84. The number of carbonyl (C=O) groups is 2. The van der Waals surface area contributed by atoms with Crippen LogP contribution >= 0.6 is 0 Å². The molecule has 2 atom stereocenters. The smallest absolute Gasteiger partial charge is 0.271 e. The number of hydrogen-bond donors (Lipinski definition) is 1. The van der Waals surface area contributed by atoms with Crippen LogP contribution in [0.4, 0.5) is 11.4 Å². The highest BCUT2D eigenvalue weighted by Gasteiger charge is 2.34. The van der Waals surface area contributed by atoms with E-state index in [1.807, 2.05) is 13.8 Å². The third-order valence-corrected chi connectivity index (χ3v) is 8.63. The highest BCUT2D eigenvalue weighted by molar-refractivity contribution is 7.92. The molecular weight excluding hydrogens is 560 g/mol. The molecule has 11 nitrogen and oxygen atoms in total. The molecule has 42 heavy (non-hydrogen) atoms. The van der Waals surface area contributed by atoms with E-state index in [1.54, 1.807) is 49.4 Å². The first-order valence-electron chi connectivity index (χ1n) is 13.6. The van der Waals surface area contributed by atoms with Gasteiger partial charge < -0.3 is 15.0 Å². The van der Waals surface area contributed by atoms with Gasteiger partial charge in [0.15, 0.2) is 0 Å². The lowest BCUT2D eigenvalue weighted by molar-refractivity contribution is -0.384. The number of nitrogens with one attached hydrogen (secondary N) is 1. The zero-order valence-electron chi connectivity index (χ0n) is 24.1. The fourth-order valence-electron chi connectivity index (χ4n) is 4.30. The van der Waals surface area contributed by atoms with E-state index in [1.165, 1.54) is 42.3 Å². The largest absolute Gasteiger partial charge is 0.497 e. The maximum absolute atomic E-state index is 14.1. The number of hydrogen-bond acceptors (Lipinski definition) is 7. The molecule has 3 aromatic carbocycles. The summed E-state index contributed by atoms with van der Waals surface area (Å²) in [5.41, 5.74) is 0.317. The number of benzene rings is 3. The van der Waals surface area contributed by atoms with Crippen LogP contribution in [-0.4, -0.2) is 55.8 Å². The summed E-state index contributed by atoms with van der Waals surface area (Å²) in [4.78, 5) is 39.6. The number of amides is 2. The second-order valence-corrected chi connectivity index (χ2v) is 11.6. The minimum absolute atomic E-state index is 0.0173. The van der Waals surface area contributed by atoms with Crippen molar-refractivity contribution in [1.82, 2.24) is 10.2 Å². The summed E-state index contributed by atoms with van der Waals surface area (Å²) in [6.07, 6.45) is 0.955. The first-order chi connectivity index (χ1) is 20.0. The number of nitrogens with zero attached hydrogens (tertiary/aromatic N) is 3. The molecule has 0 aliphatic carbocycles. The van der Waals surface area contributed by atoms with Crippen LogP contribution in [0.1, 0.15) is 39.2 Å². The summed E-state index contributed by atoms with van der Waals surface area (Å²) in [5, 5.41) is 14.4. The zero-order valence-corrected chi connectivity index (χ0v) is 24.9. The fraction of sp³-hybridized carbons (Fsp3) is 0.333. The van der Waals surface area contributed by atoms with E-state index >= 15 is 0 Å². The SMILES string of the molecule is CC[C@H](C)NC(=O)[C@H](CC)N(Cc1ccc(OC)cc1)C(=O)CN(c1cccc([N+](=O)[O-])c1)S(=O)(=O)c1ccccc1. The molecule has 0 radical (unpaired) electrons. The molecule has 0 bridgehead atoms. The van der Waals surface area contributed by atoms with Gasteiger partial charge in [0.1, 0.15) is 18.3 Å². The Kier molecular flexibility index (Phi) is 11.0. The van der Waals surface area contributed by atoms with Crippen LogP contribution in [0.15, 0.2) is 83.8 Å². The van der Waals surface area contributed by atoms with Gasteiger partial charge in [-0.2, -0.15) is 0 Å². The Labute approximate surface area is 246 Å². The van der Waals surface area contributed by atoms with Gasteiger partial charge in [-0.1, -0.05) is 50.2 Å². The summed E-state index contributed by atoms with van der Waals surface area (Å²) in [7, 11) is -2.80. The Bertz CT molecular complexity index is 1480. The van der Waals surface area contributed by atoms with Gasteiger partial charge in [0.2, 0.25) is 11.8 Å². The first kappa shape index (κ1) is 32.1. The molecule has 0 spiro atoms. The summed E-state index contributed by atoms with van der Waals surface area (Å²) in [6, 6.07) is 18.5. The molecule has 2 amide bonds. The molecule has 3 aromatic rings. The topological polar surface area (TPSA) is 139 Å². The van der Waals surface area contributed by atoms with Gasteiger partial charge in [0.05, 0.1) is 22.6 Å². The normalized spacial score (nSPS) is 12.6. The quantitative estimate of drug-likeness (QED) is 0.213. The van der Waals surface area contributed by atoms with Gasteiger partial charge in [-0.15, -0.1) is 0 Å². The molecule has 0 aromatic heterocycles. The van der Waals surface area contributed by atoms with E-state index in [2.05, 4.69) is 5.32 Å². The number of non-ortho nitro benzene ring substituents is 1. The summed E-state index contributed by atoms with van der Waals surface area (Å²) in [5.74, 6) is -0.395. The third kappa shape index (κ3) is 7.84. The molecule has 0 unspecified atom stereocenters. The number of rotatable bonds is 14. The average Bonchev–Trinajstić information content (AvgIpc) is 3.00. The second kappa shape index (κ2) is 14.4. The molecule has 0 fully saturated rings. The number of nitro groups is 1. The van der Waals surface area contributed by atoms with Crippen molar-refractivity contribution in [3.8, 4) is 5.75 Å². The lowest BCUT2D eigenvalue weighted by Gasteiger charge is -2.33. The van der Waals surface area contributed by atoms with Crippen molar-refractivity contribution in [2.75, 3.05) is 18.0 Å². The Morgan fingerprint density at radius 2 is 1.64 bits per heavy atom. The molecule has 0 saturated heterocycles. The molecule has 0 aliphatic heterocycles. The first-order valence-corrected chi connectivity index (χ1v) is 15.0. The van der Waals surface area contributed by atoms with E-state index in [9.17, 15) is 28.1 Å². The fourth-order valence-corrected chi connectivity index (χ4v) is 5.73. The van der Waals surface area contributed by atoms with Crippen molar-refractivity contribution in [3.63, 3.8) is 0 Å². The molecule has 12 heteroatoms. The summed E-state index contributed by atoms with van der Waals surface area (Å²) < 4.78 is 33.8. The standard InChI is InChI=1S/C30H36N4O7S/c1-5-22(3)31-30(36)28(6-2)32(20-23-15-17-26(41-4)18-16-23)29(35)21-33(24-11-10-12-25(19-24)34(37)38)42(39,40)27-13-8-7-9-14-27/h7-19,22,28H,5-6,20-21H2,1-4H3,(H,31,36)/t22-,28-/m0/s1. The van der Waals surface area contributed by atoms with Crippen LogP contribution < -0.4 is 14.4 Å². The summed E-state index contributed by atoms with van der Waals surface area (Å²) in [6.45, 7) is 4.88. The van der Waals surface area contributed by atoms with E-state index < -0.39 is 33.4 Å². The van der Waals surface area contributed by atoms with Gasteiger partial charge in [0, 0.05) is 24.7 Å². The van der Waals surface area contributed by atoms with Crippen molar-refractivity contribution in [2.24, 2.45) is 0 Å². The molecule has 0 saturated carbocycles. The number of sulfonamides is 1. The number of nitro benzene ring substituents is 1. The Morgan fingerprint density at radius 3 is 2.21 bits per heavy atom. The average molecular weight is 597 g/mol. The van der Waals surface area contributed by atoms with E-state index in [-0.39, 0.29) is 41.2 Å². The molecule has 1 N–H and O–H groups in total. The van der Waals surface area contributed by atoms with Crippen molar-refractivity contribution < 1.29 is 27.7 Å². The zero-order chi connectivity index (χ0) is 30.9. The van der Waals surface area contributed by atoms with Gasteiger partial charge in [-0.05, 0) is 55.7 Å². The van der Waals surface area contributed by atoms with Gasteiger partial charge in [0.25, 0.3) is 15.7 Å². The van der Waals surface area contributed by atoms with Gasteiger partial charge in [-0.3, -0.25) is 24.0 Å². The van der Waals surface area contributed by atoms with E-state index in [4.69, 9.17) is 4.74 Å². The lowest BCUT2D eigenvalue weighted by Crippen LogP contribution is -2.53. The number of ether oxygens (including phenoxy) is 1. The lowest BCUT2D eigenvalue weighted by atomic mass is 10.1. The molecule has 0 heterocycles. The van der Waals surface area contributed by atoms with Gasteiger partial charge in [-0.25, -0.2) is 8.42 Å². The second-order valence-electron chi connectivity index (χ2n) is 9.71. The van der Waals surface area contributed by atoms with Crippen LogP contribution in [0.3, 0.4) is 0 Å². The van der Waals surface area contributed by atoms with Crippen LogP contribution in [0.2, 0.25) is 0 Å². The van der Waals surface area contributed by atoms with E-state index in [0.29, 0.717) is 17.7 Å².